The summed E-state index contributed by atoms with van der Waals surface area (Å²) < 4.78 is 16.8. The molecule has 0 unspecified atom stereocenters. The van der Waals surface area contributed by atoms with Gasteiger partial charge in [-0.15, -0.1) is 0 Å². The van der Waals surface area contributed by atoms with Gasteiger partial charge in [0, 0.05) is 34.7 Å². The van der Waals surface area contributed by atoms with Gasteiger partial charge in [0.05, 0.1) is 24.4 Å². The van der Waals surface area contributed by atoms with Crippen molar-refractivity contribution < 1.29 is 28.6 Å². The quantitative estimate of drug-likeness (QED) is 0.458. The number of fused-ring (bicyclic) bond motifs is 2. The number of nitrogens with zero attached hydrogens (tertiary/aromatic N) is 2. The first-order valence-electron chi connectivity index (χ1n) is 11.5. The van der Waals surface area contributed by atoms with E-state index in [1.54, 1.807) is 24.4 Å². The number of benzene rings is 2. The van der Waals surface area contributed by atoms with Crippen molar-refractivity contribution in [1.82, 2.24) is 4.98 Å². The summed E-state index contributed by atoms with van der Waals surface area (Å²) in [6.45, 7) is 0.697. The van der Waals surface area contributed by atoms with E-state index in [4.69, 9.17) is 19.0 Å². The summed E-state index contributed by atoms with van der Waals surface area (Å²) in [4.78, 5) is 28.2. The monoisotopic (exact) mass is 485 g/mol. The smallest absolute Gasteiger partial charge is 0.327 e. The number of aromatic nitrogens is 1. The molecule has 1 spiro atoms. The number of carbonyl (C=O) groups is 2. The lowest BCUT2D eigenvalue weighted by Crippen LogP contribution is -2.27. The molecule has 0 saturated heterocycles. The first kappa shape index (κ1) is 23.2. The van der Waals surface area contributed by atoms with Crippen LogP contribution in [0.4, 0.5) is 5.69 Å². The standard InChI is InChI=1S/C27H23N3O6/c28-15-17-4-5-18(2-1-3-25(31)32)22(12-17)30-26(33)21-14-27(21)8-10-34-23-13-19(6-7-20(23)27)36-16-24-29-9-11-35-24/h1,3-7,9,11-13,21H,2,8,10,14,16H2,(H,30,33)(H,31,32)/t21-,27-/m0/s1. The van der Waals surface area contributed by atoms with Gasteiger partial charge in [-0.05, 0) is 43.0 Å². The van der Waals surface area contributed by atoms with Gasteiger partial charge < -0.3 is 24.3 Å². The fourth-order valence-electron chi connectivity index (χ4n) is 4.74. The lowest BCUT2D eigenvalue weighted by Gasteiger charge is -2.27. The Kier molecular flexibility index (Phi) is 6.17. The minimum absolute atomic E-state index is 0.134. The van der Waals surface area contributed by atoms with Crippen molar-refractivity contribution >= 4 is 17.6 Å². The Balaban J connectivity index is 1.31. The van der Waals surface area contributed by atoms with Crippen molar-refractivity contribution in [3.8, 4) is 17.6 Å². The second-order valence-electron chi connectivity index (χ2n) is 8.80. The van der Waals surface area contributed by atoms with Crippen LogP contribution in [0.25, 0.3) is 0 Å². The number of hydrogen-bond acceptors (Lipinski definition) is 7. The third-order valence-electron chi connectivity index (χ3n) is 6.63. The van der Waals surface area contributed by atoms with Crippen LogP contribution in [0.1, 0.15) is 35.4 Å². The van der Waals surface area contributed by atoms with Crippen molar-refractivity contribution in [1.29, 1.82) is 5.26 Å². The van der Waals surface area contributed by atoms with Gasteiger partial charge in [-0.25, -0.2) is 9.78 Å². The van der Waals surface area contributed by atoms with E-state index >= 15 is 0 Å². The molecule has 3 aromatic rings. The highest BCUT2D eigenvalue weighted by Crippen LogP contribution is 2.61. The van der Waals surface area contributed by atoms with Gasteiger partial charge in [-0.2, -0.15) is 5.26 Å². The largest absolute Gasteiger partial charge is 0.493 e. The van der Waals surface area contributed by atoms with Gasteiger partial charge >= 0.3 is 5.97 Å². The van der Waals surface area contributed by atoms with Crippen molar-refractivity contribution in [3.63, 3.8) is 0 Å². The first-order valence-corrected chi connectivity index (χ1v) is 11.5. The number of allylic oxidation sites excluding steroid dienone is 1. The average Bonchev–Trinajstić information content (AvgIpc) is 3.33. The summed E-state index contributed by atoms with van der Waals surface area (Å²) in [6.07, 6.45) is 7.34. The van der Waals surface area contributed by atoms with Gasteiger partial charge in [0.2, 0.25) is 11.8 Å². The lowest BCUT2D eigenvalue weighted by molar-refractivity contribution is -0.131. The number of aliphatic carboxylic acids is 1. The normalized spacial score (nSPS) is 19.8. The van der Waals surface area contributed by atoms with Crippen LogP contribution in [0.2, 0.25) is 0 Å². The lowest BCUT2D eigenvalue weighted by atomic mass is 9.87. The predicted molar refractivity (Wildman–Crippen MR) is 127 cm³/mol. The van der Waals surface area contributed by atoms with E-state index in [2.05, 4.69) is 16.4 Å². The van der Waals surface area contributed by atoms with E-state index < -0.39 is 5.97 Å². The zero-order chi connectivity index (χ0) is 25.1. The second-order valence-corrected chi connectivity index (χ2v) is 8.80. The minimum Gasteiger partial charge on any atom is -0.493 e. The molecule has 1 aliphatic heterocycles. The maximum Gasteiger partial charge on any atom is 0.327 e. The molecule has 2 aliphatic rings. The number of nitrogens with one attached hydrogen (secondary N) is 1. The fourth-order valence-corrected chi connectivity index (χ4v) is 4.74. The molecule has 9 nitrogen and oxygen atoms in total. The van der Waals surface area contributed by atoms with Gasteiger partial charge in [-0.3, -0.25) is 4.79 Å². The number of carboxylic acids is 1. The zero-order valence-electron chi connectivity index (χ0n) is 19.3. The number of rotatable bonds is 8. The number of amides is 1. The molecule has 36 heavy (non-hydrogen) atoms. The molecule has 2 N–H and O–H groups in total. The number of ether oxygens (including phenoxy) is 2. The minimum atomic E-state index is -1.04. The van der Waals surface area contributed by atoms with Crippen LogP contribution in [0.15, 0.2) is 65.4 Å². The summed E-state index contributed by atoms with van der Waals surface area (Å²) in [5.74, 6) is 0.379. The number of nitriles is 1. The average molecular weight is 485 g/mol. The van der Waals surface area contributed by atoms with E-state index in [-0.39, 0.29) is 23.8 Å². The molecule has 1 aliphatic carbocycles. The van der Waals surface area contributed by atoms with Crippen LogP contribution in [0.3, 0.4) is 0 Å². The van der Waals surface area contributed by atoms with Crippen LogP contribution in [0.5, 0.6) is 11.5 Å². The topological polar surface area (TPSA) is 135 Å². The Bertz CT molecular complexity index is 1370. The summed E-state index contributed by atoms with van der Waals surface area (Å²) in [5, 5.41) is 21.1. The van der Waals surface area contributed by atoms with Gasteiger partial charge in [0.15, 0.2) is 6.61 Å². The summed E-state index contributed by atoms with van der Waals surface area (Å²) in [5.41, 5.74) is 2.33. The van der Waals surface area contributed by atoms with Gasteiger partial charge in [0.1, 0.15) is 17.8 Å². The number of carbonyl (C=O) groups excluding carboxylic acids is 1. The SMILES string of the molecule is N#Cc1ccc(CC=CC(=O)O)c(NC(=O)[C@@H]2C[C@]23CCOc2cc(OCc4ncco4)ccc23)c1. The van der Waals surface area contributed by atoms with Crippen LogP contribution in [-0.4, -0.2) is 28.6 Å². The Morgan fingerprint density at radius 2 is 2.19 bits per heavy atom. The third kappa shape index (κ3) is 4.66. The van der Waals surface area contributed by atoms with Crippen molar-refractivity contribution in [3.05, 3.63) is 83.6 Å². The molecule has 2 aromatic carbocycles. The highest BCUT2D eigenvalue weighted by molar-refractivity contribution is 5.97. The molecule has 1 amide bonds. The molecule has 0 radical (unpaired) electrons. The molecule has 1 fully saturated rings. The summed E-state index contributed by atoms with van der Waals surface area (Å²) in [7, 11) is 0. The number of carboxylic acid groups (broad SMARTS) is 1. The van der Waals surface area contributed by atoms with Crippen molar-refractivity contribution in [2.75, 3.05) is 11.9 Å². The zero-order valence-corrected chi connectivity index (χ0v) is 19.3. The number of anilines is 1. The molecule has 0 bridgehead atoms. The fraction of sp³-hybridized carbons (Fsp3) is 0.259. The number of hydrogen-bond donors (Lipinski definition) is 2. The Morgan fingerprint density at radius 3 is 2.97 bits per heavy atom. The van der Waals surface area contributed by atoms with E-state index in [1.807, 2.05) is 18.2 Å². The van der Waals surface area contributed by atoms with E-state index in [0.717, 1.165) is 23.6 Å². The van der Waals surface area contributed by atoms with E-state index in [0.29, 0.717) is 48.1 Å². The Hall–Kier alpha value is -4.58. The molecule has 182 valence electrons. The van der Waals surface area contributed by atoms with Crippen LogP contribution in [-0.2, 0) is 28.0 Å². The highest BCUT2D eigenvalue weighted by atomic mass is 16.5. The van der Waals surface area contributed by atoms with Gasteiger partial charge in [0.25, 0.3) is 0 Å². The Labute approximate surface area is 207 Å². The maximum atomic E-state index is 13.3. The van der Waals surface area contributed by atoms with Gasteiger partial charge in [-0.1, -0.05) is 18.2 Å². The molecular formula is C27H23N3O6. The molecule has 1 saturated carbocycles. The molecule has 9 heteroatoms. The molecule has 2 atom stereocenters. The Morgan fingerprint density at radius 1 is 1.31 bits per heavy atom. The van der Waals surface area contributed by atoms with Crippen LogP contribution < -0.4 is 14.8 Å². The summed E-state index contributed by atoms with van der Waals surface area (Å²) >= 11 is 0. The third-order valence-corrected chi connectivity index (χ3v) is 6.63. The summed E-state index contributed by atoms with van der Waals surface area (Å²) in [6, 6.07) is 12.7. The van der Waals surface area contributed by atoms with Crippen LogP contribution in [0, 0.1) is 17.2 Å². The molecule has 5 rings (SSSR count). The molecule has 1 aromatic heterocycles. The second kappa shape index (κ2) is 9.58. The van der Waals surface area contributed by atoms with Crippen molar-refractivity contribution in [2.45, 2.75) is 31.3 Å². The molecule has 2 heterocycles. The maximum absolute atomic E-state index is 13.3. The highest BCUT2D eigenvalue weighted by Gasteiger charge is 2.61. The molecular weight excluding hydrogens is 462 g/mol. The van der Waals surface area contributed by atoms with Crippen LogP contribution >= 0.6 is 0 Å². The van der Waals surface area contributed by atoms with Crippen molar-refractivity contribution in [2.24, 2.45) is 5.92 Å². The van der Waals surface area contributed by atoms with E-state index in [1.165, 1.54) is 12.3 Å². The first-order chi connectivity index (χ1) is 17.5. The number of oxazole rings is 1. The van der Waals surface area contributed by atoms with E-state index in [9.17, 15) is 14.9 Å². The predicted octanol–water partition coefficient (Wildman–Crippen LogP) is 3.99.